The summed E-state index contributed by atoms with van der Waals surface area (Å²) in [5.74, 6) is 0.742. The number of nitrogens with zero attached hydrogens (tertiary/aromatic N) is 1. The molecule has 15 heavy (non-hydrogen) atoms. The summed E-state index contributed by atoms with van der Waals surface area (Å²) in [7, 11) is 0. The Hall–Kier alpha value is -1.51. The summed E-state index contributed by atoms with van der Waals surface area (Å²) in [5, 5.41) is 0. The molecule has 0 unspecified atom stereocenters. The van der Waals surface area contributed by atoms with Gasteiger partial charge in [0.2, 0.25) is 0 Å². The Balaban J connectivity index is 2.43. The van der Waals surface area contributed by atoms with Crippen LogP contribution in [0.2, 0.25) is 0 Å². The molecule has 1 aromatic rings. The Morgan fingerprint density at radius 3 is 2.67 bits per heavy atom. The Morgan fingerprint density at radius 1 is 1.33 bits per heavy atom. The summed E-state index contributed by atoms with van der Waals surface area (Å²) in [6.07, 6.45) is -0.188. The van der Waals surface area contributed by atoms with Crippen molar-refractivity contribution in [3.05, 3.63) is 29.8 Å². The molecule has 1 aliphatic rings. The number of benzene rings is 1. The number of hydrogen-bond donors (Lipinski definition) is 0. The van der Waals surface area contributed by atoms with Crippen LogP contribution < -0.4 is 4.74 Å². The molecular weight excluding hydrogens is 190 g/mol. The number of carbonyl (C=O) groups excluding carboxylic acids is 1. The first-order valence-corrected chi connectivity index (χ1v) is 5.19. The van der Waals surface area contributed by atoms with Crippen LogP contribution in [0.5, 0.6) is 5.75 Å². The fourth-order valence-corrected chi connectivity index (χ4v) is 1.95. The maximum atomic E-state index is 12.1. The van der Waals surface area contributed by atoms with Crippen LogP contribution in [0.25, 0.3) is 0 Å². The van der Waals surface area contributed by atoms with Crippen LogP contribution in [-0.4, -0.2) is 23.1 Å². The van der Waals surface area contributed by atoms with Crippen molar-refractivity contribution in [1.82, 2.24) is 4.90 Å². The summed E-state index contributed by atoms with van der Waals surface area (Å²) in [5.41, 5.74) is 0.657. The maximum absolute atomic E-state index is 12.1. The third kappa shape index (κ3) is 1.58. The molecule has 2 rings (SSSR count). The molecule has 80 valence electrons. The molecule has 1 aromatic carbocycles. The molecule has 0 spiro atoms. The zero-order chi connectivity index (χ0) is 11.0. The van der Waals surface area contributed by atoms with Gasteiger partial charge in [-0.3, -0.25) is 4.79 Å². The van der Waals surface area contributed by atoms with E-state index in [1.807, 2.05) is 39.0 Å². The molecule has 3 nitrogen and oxygen atoms in total. The lowest BCUT2D eigenvalue weighted by Gasteiger charge is -2.37. The van der Waals surface area contributed by atoms with E-state index in [0.29, 0.717) is 11.3 Å². The standard InChI is InChI=1S/C12H15NO2/c1-8(2)13-9(3)15-11-7-5-4-6-10(11)12(13)14/h4-9H,1-3H3/t9-/m0/s1. The normalized spacial score (nSPS) is 20.1. The summed E-state index contributed by atoms with van der Waals surface area (Å²) in [4.78, 5) is 13.9. The van der Waals surface area contributed by atoms with Gasteiger partial charge in [0.25, 0.3) is 5.91 Å². The summed E-state index contributed by atoms with van der Waals surface area (Å²) in [6, 6.07) is 7.53. The van der Waals surface area contributed by atoms with Gasteiger partial charge in [-0.25, -0.2) is 0 Å². The third-order valence-corrected chi connectivity index (χ3v) is 2.60. The van der Waals surface area contributed by atoms with Gasteiger partial charge in [-0.05, 0) is 32.9 Å². The zero-order valence-electron chi connectivity index (χ0n) is 9.23. The molecule has 0 aromatic heterocycles. The van der Waals surface area contributed by atoms with E-state index in [0.717, 1.165) is 0 Å². The molecule has 3 heteroatoms. The van der Waals surface area contributed by atoms with Crippen molar-refractivity contribution in [3.63, 3.8) is 0 Å². The van der Waals surface area contributed by atoms with Crippen molar-refractivity contribution in [2.45, 2.75) is 33.0 Å². The first kappa shape index (κ1) is 10.0. The highest BCUT2D eigenvalue weighted by Gasteiger charge is 2.32. The lowest BCUT2D eigenvalue weighted by molar-refractivity contribution is 0.00556. The largest absolute Gasteiger partial charge is 0.470 e. The lowest BCUT2D eigenvalue weighted by Crippen LogP contribution is -2.49. The lowest BCUT2D eigenvalue weighted by atomic mass is 10.1. The van der Waals surface area contributed by atoms with Gasteiger partial charge >= 0.3 is 0 Å². The molecule has 1 heterocycles. The van der Waals surface area contributed by atoms with Gasteiger partial charge in [0, 0.05) is 6.04 Å². The van der Waals surface area contributed by atoms with E-state index in [1.54, 1.807) is 11.0 Å². The quantitative estimate of drug-likeness (QED) is 0.704. The number of hydrogen-bond acceptors (Lipinski definition) is 2. The van der Waals surface area contributed by atoms with Crippen LogP contribution in [0.4, 0.5) is 0 Å². The summed E-state index contributed by atoms with van der Waals surface area (Å²) < 4.78 is 5.68. The second kappa shape index (κ2) is 3.57. The molecule has 0 radical (unpaired) electrons. The molecule has 1 atom stereocenters. The van der Waals surface area contributed by atoms with Crippen LogP contribution in [0, 0.1) is 0 Å². The van der Waals surface area contributed by atoms with Crippen LogP contribution in [0.3, 0.4) is 0 Å². The molecule has 1 amide bonds. The van der Waals surface area contributed by atoms with Crippen LogP contribution in [0.15, 0.2) is 24.3 Å². The molecule has 0 N–H and O–H groups in total. The minimum Gasteiger partial charge on any atom is -0.470 e. The minimum absolute atomic E-state index is 0.0550. The third-order valence-electron chi connectivity index (χ3n) is 2.60. The molecule has 0 saturated heterocycles. The van der Waals surface area contributed by atoms with E-state index in [-0.39, 0.29) is 18.2 Å². The van der Waals surface area contributed by atoms with Gasteiger partial charge in [-0.15, -0.1) is 0 Å². The van der Waals surface area contributed by atoms with Gasteiger partial charge in [0.05, 0.1) is 5.56 Å². The van der Waals surface area contributed by atoms with E-state index in [9.17, 15) is 4.79 Å². The summed E-state index contributed by atoms with van der Waals surface area (Å²) >= 11 is 0. The second-order valence-electron chi connectivity index (χ2n) is 4.02. The van der Waals surface area contributed by atoms with Crippen molar-refractivity contribution in [3.8, 4) is 5.75 Å². The minimum atomic E-state index is -0.188. The second-order valence-corrected chi connectivity index (χ2v) is 4.02. The maximum Gasteiger partial charge on any atom is 0.260 e. The predicted octanol–water partition coefficient (Wildman–Crippen LogP) is 2.28. The molecule has 0 aliphatic carbocycles. The number of amides is 1. The average Bonchev–Trinajstić information content (AvgIpc) is 2.17. The highest BCUT2D eigenvalue weighted by molar-refractivity contribution is 5.98. The van der Waals surface area contributed by atoms with Crippen molar-refractivity contribution >= 4 is 5.91 Å². The van der Waals surface area contributed by atoms with Gasteiger partial charge in [-0.2, -0.15) is 0 Å². The summed E-state index contributed by atoms with van der Waals surface area (Å²) in [6.45, 7) is 5.88. The number of rotatable bonds is 1. The molecule has 0 fully saturated rings. The Kier molecular flexibility index (Phi) is 2.39. The predicted molar refractivity (Wildman–Crippen MR) is 57.8 cm³/mol. The Labute approximate surface area is 89.7 Å². The Morgan fingerprint density at radius 2 is 2.00 bits per heavy atom. The fraction of sp³-hybridized carbons (Fsp3) is 0.417. The van der Waals surface area contributed by atoms with Crippen LogP contribution >= 0.6 is 0 Å². The van der Waals surface area contributed by atoms with E-state index in [4.69, 9.17) is 4.74 Å². The van der Waals surface area contributed by atoms with E-state index in [2.05, 4.69) is 0 Å². The van der Waals surface area contributed by atoms with E-state index < -0.39 is 0 Å². The number of ether oxygens (including phenoxy) is 1. The average molecular weight is 205 g/mol. The highest BCUT2D eigenvalue weighted by Crippen LogP contribution is 2.28. The van der Waals surface area contributed by atoms with Crippen molar-refractivity contribution in [2.24, 2.45) is 0 Å². The number of para-hydroxylation sites is 1. The van der Waals surface area contributed by atoms with Gasteiger partial charge in [0.15, 0.2) is 6.23 Å². The van der Waals surface area contributed by atoms with E-state index in [1.165, 1.54) is 0 Å². The number of fused-ring (bicyclic) bond motifs is 1. The van der Waals surface area contributed by atoms with Gasteiger partial charge in [0.1, 0.15) is 5.75 Å². The van der Waals surface area contributed by atoms with Gasteiger partial charge < -0.3 is 9.64 Å². The van der Waals surface area contributed by atoms with Crippen molar-refractivity contribution in [2.75, 3.05) is 0 Å². The Bertz CT molecular complexity index is 387. The van der Waals surface area contributed by atoms with E-state index >= 15 is 0 Å². The first-order chi connectivity index (χ1) is 7.11. The molecule has 1 aliphatic heterocycles. The first-order valence-electron chi connectivity index (χ1n) is 5.19. The van der Waals surface area contributed by atoms with Crippen molar-refractivity contribution < 1.29 is 9.53 Å². The zero-order valence-corrected chi connectivity index (χ0v) is 9.23. The smallest absolute Gasteiger partial charge is 0.260 e. The van der Waals surface area contributed by atoms with Crippen molar-refractivity contribution in [1.29, 1.82) is 0 Å². The monoisotopic (exact) mass is 205 g/mol. The molecule has 0 bridgehead atoms. The van der Waals surface area contributed by atoms with Crippen LogP contribution in [-0.2, 0) is 0 Å². The topological polar surface area (TPSA) is 29.5 Å². The highest BCUT2D eigenvalue weighted by atomic mass is 16.5. The number of carbonyl (C=O) groups is 1. The molecule has 0 saturated carbocycles. The molecular formula is C12H15NO2. The fourth-order valence-electron chi connectivity index (χ4n) is 1.95. The SMILES string of the molecule is CC(C)N1C(=O)c2ccccc2O[C@H]1C. The van der Waals surface area contributed by atoms with Crippen LogP contribution in [0.1, 0.15) is 31.1 Å². The van der Waals surface area contributed by atoms with Gasteiger partial charge in [-0.1, -0.05) is 12.1 Å².